The fourth-order valence-corrected chi connectivity index (χ4v) is 2.65. The van der Waals surface area contributed by atoms with Crippen molar-refractivity contribution < 1.29 is 9.84 Å². The van der Waals surface area contributed by atoms with Gasteiger partial charge in [-0.05, 0) is 23.3 Å². The fourth-order valence-electron chi connectivity index (χ4n) is 2.39. The van der Waals surface area contributed by atoms with Crippen LogP contribution in [0.3, 0.4) is 0 Å². The number of nitrogen functional groups attached to an aromatic ring is 1. The molecule has 1 aromatic heterocycles. The zero-order chi connectivity index (χ0) is 13.4. The van der Waals surface area contributed by atoms with Crippen LogP contribution in [0, 0.1) is 0 Å². The van der Waals surface area contributed by atoms with Gasteiger partial charge in [0.1, 0.15) is 11.6 Å². The largest absolute Gasteiger partial charge is 0.493 e. The smallest absolute Gasteiger partial charge is 0.126 e. The first kappa shape index (κ1) is 12.3. The van der Waals surface area contributed by atoms with E-state index in [1.165, 1.54) is 6.20 Å². The molecule has 4 N–H and O–H groups in total. The molecule has 2 heterocycles. The van der Waals surface area contributed by atoms with Gasteiger partial charge in [-0.25, -0.2) is 0 Å². The van der Waals surface area contributed by atoms with Crippen molar-refractivity contribution in [1.82, 2.24) is 10.2 Å². The zero-order valence-corrected chi connectivity index (χ0v) is 10.9. The summed E-state index contributed by atoms with van der Waals surface area (Å²) in [5, 5.41) is 17.3. The number of anilines is 1. The standard InChI is InChI=1S/C13H14ClN3O2/c14-9-3-7-1-2-19-12(7)8(4-9)5-11(18)10-6-16-17-13(10)15/h3-4,6,11,18H,1-2,5H2,(H3,15,16,17). The van der Waals surface area contributed by atoms with Crippen LogP contribution in [0.5, 0.6) is 5.75 Å². The minimum absolute atomic E-state index is 0.382. The van der Waals surface area contributed by atoms with Gasteiger partial charge in [-0.15, -0.1) is 0 Å². The highest BCUT2D eigenvalue weighted by Gasteiger charge is 2.21. The second-order valence-electron chi connectivity index (χ2n) is 4.61. The number of nitrogens with one attached hydrogen (secondary N) is 1. The van der Waals surface area contributed by atoms with Crippen LogP contribution in [-0.4, -0.2) is 21.9 Å². The average Bonchev–Trinajstić information content (AvgIpc) is 2.97. The predicted molar refractivity (Wildman–Crippen MR) is 72.3 cm³/mol. The number of benzene rings is 1. The molecule has 0 bridgehead atoms. The molecule has 2 aromatic rings. The SMILES string of the molecule is Nc1[nH]ncc1C(O)Cc1cc(Cl)cc2c1OCC2. The molecule has 1 atom stereocenters. The number of hydrogen-bond donors (Lipinski definition) is 3. The minimum Gasteiger partial charge on any atom is -0.493 e. The quantitative estimate of drug-likeness (QED) is 0.801. The van der Waals surface area contributed by atoms with Crippen molar-refractivity contribution in [2.75, 3.05) is 12.3 Å². The Bertz CT molecular complexity index is 612. The molecule has 1 aliphatic heterocycles. The van der Waals surface area contributed by atoms with E-state index in [0.29, 0.717) is 29.4 Å². The Hall–Kier alpha value is -1.72. The van der Waals surface area contributed by atoms with Crippen LogP contribution in [0.2, 0.25) is 5.02 Å². The number of aromatic amines is 1. The molecule has 0 fully saturated rings. The molecule has 0 saturated carbocycles. The Morgan fingerprint density at radius 3 is 3.11 bits per heavy atom. The summed E-state index contributed by atoms with van der Waals surface area (Å²) in [5.74, 6) is 1.22. The van der Waals surface area contributed by atoms with Gasteiger partial charge >= 0.3 is 0 Å². The maximum atomic E-state index is 10.2. The summed E-state index contributed by atoms with van der Waals surface area (Å²) in [7, 11) is 0. The lowest BCUT2D eigenvalue weighted by molar-refractivity contribution is 0.178. The van der Waals surface area contributed by atoms with E-state index in [0.717, 1.165) is 23.3 Å². The number of halogens is 1. The summed E-state index contributed by atoms with van der Waals surface area (Å²) >= 11 is 6.09. The molecule has 1 aliphatic rings. The molecule has 0 radical (unpaired) electrons. The van der Waals surface area contributed by atoms with E-state index in [1.807, 2.05) is 12.1 Å². The lowest BCUT2D eigenvalue weighted by Crippen LogP contribution is -2.05. The van der Waals surface area contributed by atoms with Gasteiger partial charge in [0.15, 0.2) is 0 Å². The lowest BCUT2D eigenvalue weighted by atomic mass is 10.00. The topological polar surface area (TPSA) is 84.2 Å². The van der Waals surface area contributed by atoms with Crippen LogP contribution in [0.25, 0.3) is 0 Å². The van der Waals surface area contributed by atoms with E-state index >= 15 is 0 Å². The van der Waals surface area contributed by atoms with Crippen molar-refractivity contribution in [3.63, 3.8) is 0 Å². The Morgan fingerprint density at radius 1 is 1.53 bits per heavy atom. The first-order chi connectivity index (χ1) is 9.15. The third kappa shape index (κ3) is 2.27. The molecular weight excluding hydrogens is 266 g/mol. The molecular formula is C13H14ClN3O2. The number of hydrogen-bond acceptors (Lipinski definition) is 4. The van der Waals surface area contributed by atoms with Gasteiger partial charge < -0.3 is 15.6 Å². The minimum atomic E-state index is -0.731. The summed E-state index contributed by atoms with van der Waals surface area (Å²) in [4.78, 5) is 0. The second-order valence-corrected chi connectivity index (χ2v) is 5.05. The van der Waals surface area contributed by atoms with Crippen LogP contribution in [0.1, 0.15) is 22.8 Å². The Kier molecular flexibility index (Phi) is 3.08. The molecule has 0 spiro atoms. The number of aliphatic hydroxyl groups excluding tert-OH is 1. The molecule has 0 aliphatic carbocycles. The van der Waals surface area contributed by atoms with Crippen molar-refractivity contribution in [2.24, 2.45) is 0 Å². The summed E-state index contributed by atoms with van der Waals surface area (Å²) in [5.41, 5.74) is 8.28. The van der Waals surface area contributed by atoms with E-state index in [-0.39, 0.29) is 0 Å². The van der Waals surface area contributed by atoms with Crippen LogP contribution < -0.4 is 10.5 Å². The van der Waals surface area contributed by atoms with Gasteiger partial charge in [0.05, 0.1) is 18.9 Å². The van der Waals surface area contributed by atoms with E-state index in [2.05, 4.69) is 10.2 Å². The number of nitrogens with zero attached hydrogens (tertiary/aromatic N) is 1. The number of fused-ring (bicyclic) bond motifs is 1. The highest BCUT2D eigenvalue weighted by atomic mass is 35.5. The maximum absolute atomic E-state index is 10.2. The molecule has 3 rings (SSSR count). The van der Waals surface area contributed by atoms with Crippen LogP contribution in [0.15, 0.2) is 18.3 Å². The number of aromatic nitrogens is 2. The molecule has 19 heavy (non-hydrogen) atoms. The molecule has 5 nitrogen and oxygen atoms in total. The molecule has 6 heteroatoms. The van der Waals surface area contributed by atoms with Crippen LogP contribution >= 0.6 is 11.6 Å². The Morgan fingerprint density at radius 2 is 2.37 bits per heavy atom. The highest BCUT2D eigenvalue weighted by Crippen LogP contribution is 2.35. The average molecular weight is 280 g/mol. The lowest BCUT2D eigenvalue weighted by Gasteiger charge is -2.13. The number of aliphatic hydroxyl groups is 1. The van der Waals surface area contributed by atoms with Gasteiger partial charge in [-0.1, -0.05) is 11.6 Å². The fraction of sp³-hybridized carbons (Fsp3) is 0.308. The third-order valence-corrected chi connectivity index (χ3v) is 3.52. The highest BCUT2D eigenvalue weighted by molar-refractivity contribution is 6.30. The van der Waals surface area contributed by atoms with Gasteiger partial charge in [0.25, 0.3) is 0 Å². The maximum Gasteiger partial charge on any atom is 0.126 e. The molecule has 1 aromatic carbocycles. The first-order valence-corrected chi connectivity index (χ1v) is 6.44. The van der Waals surface area contributed by atoms with Crippen LogP contribution in [-0.2, 0) is 12.8 Å². The van der Waals surface area contributed by atoms with E-state index < -0.39 is 6.10 Å². The summed E-state index contributed by atoms with van der Waals surface area (Å²) < 4.78 is 5.61. The first-order valence-electron chi connectivity index (χ1n) is 6.06. The Labute approximate surface area is 115 Å². The molecule has 1 unspecified atom stereocenters. The summed E-state index contributed by atoms with van der Waals surface area (Å²) in [6, 6.07) is 3.73. The van der Waals surface area contributed by atoms with Gasteiger partial charge in [0, 0.05) is 23.4 Å². The van der Waals surface area contributed by atoms with E-state index in [4.69, 9.17) is 22.1 Å². The normalized spacial score (nSPS) is 15.1. The summed E-state index contributed by atoms with van der Waals surface area (Å²) in [6.45, 7) is 0.659. The molecule has 0 saturated heterocycles. The third-order valence-electron chi connectivity index (χ3n) is 3.30. The van der Waals surface area contributed by atoms with E-state index in [9.17, 15) is 5.11 Å². The van der Waals surface area contributed by atoms with Crippen molar-refractivity contribution in [3.8, 4) is 5.75 Å². The number of rotatable bonds is 3. The number of H-pyrrole nitrogens is 1. The molecule has 0 amide bonds. The predicted octanol–water partition coefficient (Wildman–Crippen LogP) is 1.86. The monoisotopic (exact) mass is 279 g/mol. The van der Waals surface area contributed by atoms with Crippen molar-refractivity contribution in [2.45, 2.75) is 18.9 Å². The van der Waals surface area contributed by atoms with E-state index in [1.54, 1.807) is 0 Å². The van der Waals surface area contributed by atoms with Gasteiger partial charge in [-0.2, -0.15) is 5.10 Å². The van der Waals surface area contributed by atoms with Crippen LogP contribution in [0.4, 0.5) is 5.82 Å². The second kappa shape index (κ2) is 4.75. The van der Waals surface area contributed by atoms with Crippen molar-refractivity contribution >= 4 is 17.4 Å². The summed E-state index contributed by atoms with van der Waals surface area (Å²) in [6.07, 6.45) is 2.05. The van der Waals surface area contributed by atoms with Crippen molar-refractivity contribution in [3.05, 3.63) is 40.0 Å². The van der Waals surface area contributed by atoms with Gasteiger partial charge in [-0.3, -0.25) is 5.10 Å². The van der Waals surface area contributed by atoms with Gasteiger partial charge in [0.2, 0.25) is 0 Å². The Balaban J connectivity index is 1.90. The van der Waals surface area contributed by atoms with Crippen molar-refractivity contribution in [1.29, 1.82) is 0 Å². The number of nitrogens with two attached hydrogens (primary N) is 1. The zero-order valence-electron chi connectivity index (χ0n) is 10.2. The number of ether oxygens (including phenoxy) is 1. The molecule has 100 valence electrons.